The van der Waals surface area contributed by atoms with Gasteiger partial charge in [0, 0.05) is 31.3 Å². The van der Waals surface area contributed by atoms with Crippen LogP contribution in [0.4, 0.5) is 19.3 Å². The molecule has 1 aromatic rings. The third-order valence-corrected chi connectivity index (χ3v) is 3.54. The first-order valence-corrected chi connectivity index (χ1v) is 6.68. The maximum Gasteiger partial charge on any atom is 0.321 e. The number of rotatable bonds is 3. The number of amides is 2. The Hall–Kier alpha value is -2.18. The Morgan fingerprint density at radius 2 is 1.90 bits per heavy atom. The smallest absolute Gasteiger partial charge is 0.321 e. The lowest BCUT2D eigenvalue weighted by Gasteiger charge is -2.31. The number of carboxylic acids is 1. The molecule has 1 aliphatic heterocycles. The standard InChI is InChI=1S/C14H16F2N2O3/c15-11-2-1-10(8-12(11)16)17-14(21)18-5-3-9(4-6-18)7-13(19)20/h1-2,8-9H,3-7H2,(H,17,21)(H,19,20). The van der Waals surface area contributed by atoms with Crippen LogP contribution in [0, 0.1) is 17.6 Å². The minimum absolute atomic E-state index is 0.0785. The monoisotopic (exact) mass is 298 g/mol. The second-order valence-electron chi connectivity index (χ2n) is 5.09. The summed E-state index contributed by atoms with van der Waals surface area (Å²) in [5.74, 6) is -2.75. The number of hydrogen-bond acceptors (Lipinski definition) is 2. The number of nitrogens with one attached hydrogen (secondary N) is 1. The molecule has 1 fully saturated rings. The van der Waals surface area contributed by atoms with E-state index in [-0.39, 0.29) is 18.0 Å². The van der Waals surface area contributed by atoms with Gasteiger partial charge in [0.1, 0.15) is 0 Å². The van der Waals surface area contributed by atoms with Crippen LogP contribution < -0.4 is 5.32 Å². The number of carbonyl (C=O) groups is 2. The van der Waals surface area contributed by atoms with E-state index in [0.29, 0.717) is 25.9 Å². The van der Waals surface area contributed by atoms with E-state index in [2.05, 4.69) is 5.32 Å². The number of carboxylic acid groups (broad SMARTS) is 1. The number of aliphatic carboxylic acids is 1. The number of carbonyl (C=O) groups excluding carboxylic acids is 1. The number of likely N-dealkylation sites (tertiary alicyclic amines) is 1. The van der Waals surface area contributed by atoms with E-state index in [1.807, 2.05) is 0 Å². The van der Waals surface area contributed by atoms with E-state index in [0.717, 1.165) is 12.1 Å². The second kappa shape index (κ2) is 6.51. The number of hydrogen-bond donors (Lipinski definition) is 2. The Morgan fingerprint density at radius 1 is 1.24 bits per heavy atom. The minimum atomic E-state index is -1.02. The summed E-state index contributed by atoms with van der Waals surface area (Å²) >= 11 is 0. The van der Waals surface area contributed by atoms with Gasteiger partial charge in [0.25, 0.3) is 0 Å². The van der Waals surface area contributed by atoms with Crippen molar-refractivity contribution in [2.45, 2.75) is 19.3 Å². The Kier molecular flexibility index (Phi) is 4.72. The summed E-state index contributed by atoms with van der Waals surface area (Å²) < 4.78 is 25.8. The van der Waals surface area contributed by atoms with Crippen LogP contribution in [0.3, 0.4) is 0 Å². The number of piperidine rings is 1. The van der Waals surface area contributed by atoms with Crippen LogP contribution in [-0.2, 0) is 4.79 Å². The molecule has 0 aliphatic carbocycles. The fraction of sp³-hybridized carbons (Fsp3) is 0.429. The summed E-state index contributed by atoms with van der Waals surface area (Å²) in [6, 6.07) is 2.76. The minimum Gasteiger partial charge on any atom is -0.481 e. The Balaban J connectivity index is 1.87. The van der Waals surface area contributed by atoms with E-state index in [1.165, 1.54) is 6.07 Å². The predicted molar refractivity (Wildman–Crippen MR) is 71.9 cm³/mol. The first kappa shape index (κ1) is 15.2. The van der Waals surface area contributed by atoms with E-state index in [1.54, 1.807) is 4.90 Å². The molecule has 5 nitrogen and oxygen atoms in total. The zero-order valence-electron chi connectivity index (χ0n) is 11.3. The maximum atomic E-state index is 13.0. The topological polar surface area (TPSA) is 69.6 Å². The third-order valence-electron chi connectivity index (χ3n) is 3.54. The van der Waals surface area contributed by atoms with Gasteiger partial charge in [0.2, 0.25) is 0 Å². The first-order valence-electron chi connectivity index (χ1n) is 6.68. The molecular weight excluding hydrogens is 282 g/mol. The van der Waals surface area contributed by atoms with Crippen LogP contribution in [0.5, 0.6) is 0 Å². The summed E-state index contributed by atoms with van der Waals surface area (Å²) in [6.07, 6.45) is 1.35. The molecule has 2 amide bonds. The molecule has 114 valence electrons. The summed E-state index contributed by atoms with van der Waals surface area (Å²) in [6.45, 7) is 0.904. The Bertz CT molecular complexity index is 543. The summed E-state index contributed by atoms with van der Waals surface area (Å²) in [7, 11) is 0. The van der Waals surface area contributed by atoms with Crippen molar-refractivity contribution in [1.29, 1.82) is 0 Å². The average molecular weight is 298 g/mol. The molecule has 7 heteroatoms. The number of halogens is 2. The van der Waals surface area contributed by atoms with Crippen molar-refractivity contribution >= 4 is 17.7 Å². The van der Waals surface area contributed by atoms with Crippen LogP contribution in [0.1, 0.15) is 19.3 Å². The van der Waals surface area contributed by atoms with Crippen molar-refractivity contribution < 1.29 is 23.5 Å². The highest BCUT2D eigenvalue weighted by Crippen LogP contribution is 2.21. The second-order valence-corrected chi connectivity index (χ2v) is 5.09. The summed E-state index contributed by atoms with van der Waals surface area (Å²) in [4.78, 5) is 24.1. The fourth-order valence-corrected chi connectivity index (χ4v) is 2.36. The molecule has 0 atom stereocenters. The van der Waals surface area contributed by atoms with Crippen molar-refractivity contribution in [3.05, 3.63) is 29.8 Å². The molecule has 1 aromatic carbocycles. The largest absolute Gasteiger partial charge is 0.481 e. The van der Waals surface area contributed by atoms with Crippen LogP contribution >= 0.6 is 0 Å². The average Bonchev–Trinajstić information content (AvgIpc) is 2.43. The first-order chi connectivity index (χ1) is 9.95. The van der Waals surface area contributed by atoms with Gasteiger partial charge in [0.05, 0.1) is 0 Å². The van der Waals surface area contributed by atoms with E-state index in [9.17, 15) is 18.4 Å². The van der Waals surface area contributed by atoms with Crippen LogP contribution in [-0.4, -0.2) is 35.1 Å². The van der Waals surface area contributed by atoms with Gasteiger partial charge < -0.3 is 15.3 Å². The molecule has 2 N–H and O–H groups in total. The molecule has 0 spiro atoms. The lowest BCUT2D eigenvalue weighted by Crippen LogP contribution is -2.41. The molecule has 1 heterocycles. The van der Waals surface area contributed by atoms with Crippen LogP contribution in [0.15, 0.2) is 18.2 Å². The van der Waals surface area contributed by atoms with E-state index in [4.69, 9.17) is 5.11 Å². The highest BCUT2D eigenvalue weighted by atomic mass is 19.2. The van der Waals surface area contributed by atoms with Crippen LogP contribution in [0.25, 0.3) is 0 Å². The fourth-order valence-electron chi connectivity index (χ4n) is 2.36. The van der Waals surface area contributed by atoms with Gasteiger partial charge in [-0.3, -0.25) is 4.79 Å². The van der Waals surface area contributed by atoms with Gasteiger partial charge in [-0.1, -0.05) is 0 Å². The molecule has 1 aliphatic rings. The number of benzene rings is 1. The van der Waals surface area contributed by atoms with Gasteiger partial charge in [-0.2, -0.15) is 0 Å². The highest BCUT2D eigenvalue weighted by Gasteiger charge is 2.24. The summed E-state index contributed by atoms with van der Waals surface area (Å²) in [5.41, 5.74) is 0.187. The lowest BCUT2D eigenvalue weighted by atomic mass is 9.94. The van der Waals surface area contributed by atoms with Gasteiger partial charge >= 0.3 is 12.0 Å². The third kappa shape index (κ3) is 4.14. The van der Waals surface area contributed by atoms with Gasteiger partial charge in [-0.25, -0.2) is 13.6 Å². The molecule has 21 heavy (non-hydrogen) atoms. The van der Waals surface area contributed by atoms with Crippen molar-refractivity contribution in [2.75, 3.05) is 18.4 Å². The van der Waals surface area contributed by atoms with Gasteiger partial charge in [-0.15, -0.1) is 0 Å². The molecular formula is C14H16F2N2O3. The number of nitrogens with zero attached hydrogens (tertiary/aromatic N) is 1. The normalized spacial score (nSPS) is 15.8. The molecule has 0 saturated carbocycles. The number of urea groups is 1. The SMILES string of the molecule is O=C(O)CC1CCN(C(=O)Nc2ccc(F)c(F)c2)CC1. The molecule has 0 radical (unpaired) electrons. The zero-order valence-corrected chi connectivity index (χ0v) is 11.3. The molecule has 2 rings (SSSR count). The van der Waals surface area contributed by atoms with Gasteiger partial charge in [0.15, 0.2) is 11.6 Å². The van der Waals surface area contributed by atoms with E-state index < -0.39 is 23.6 Å². The Morgan fingerprint density at radius 3 is 2.48 bits per heavy atom. The van der Waals surface area contributed by atoms with Crippen LogP contribution in [0.2, 0.25) is 0 Å². The lowest BCUT2D eigenvalue weighted by molar-refractivity contribution is -0.138. The quantitative estimate of drug-likeness (QED) is 0.901. The zero-order chi connectivity index (χ0) is 15.4. The molecule has 0 aromatic heterocycles. The molecule has 0 unspecified atom stereocenters. The van der Waals surface area contributed by atoms with Crippen molar-refractivity contribution in [3.8, 4) is 0 Å². The van der Waals surface area contributed by atoms with Crippen molar-refractivity contribution in [3.63, 3.8) is 0 Å². The van der Waals surface area contributed by atoms with E-state index >= 15 is 0 Å². The van der Waals surface area contributed by atoms with Gasteiger partial charge in [-0.05, 0) is 30.9 Å². The molecule has 0 bridgehead atoms. The highest BCUT2D eigenvalue weighted by molar-refractivity contribution is 5.89. The number of anilines is 1. The summed E-state index contributed by atoms with van der Waals surface area (Å²) in [5, 5.41) is 11.2. The predicted octanol–water partition coefficient (Wildman–Crippen LogP) is 2.68. The maximum absolute atomic E-state index is 13.0. The van der Waals surface area contributed by atoms with Crippen molar-refractivity contribution in [2.24, 2.45) is 5.92 Å². The van der Waals surface area contributed by atoms with Crippen molar-refractivity contribution in [1.82, 2.24) is 4.90 Å². The Labute approximate surface area is 120 Å². The molecule has 1 saturated heterocycles.